The van der Waals surface area contributed by atoms with Gasteiger partial charge in [0.25, 0.3) is 0 Å². The average molecular weight is 359 g/mol. The number of rotatable bonds is 3. The minimum absolute atomic E-state index is 0.245. The van der Waals surface area contributed by atoms with Crippen LogP contribution in [0, 0.1) is 6.92 Å². The van der Waals surface area contributed by atoms with Crippen LogP contribution in [0.4, 0.5) is 0 Å². The van der Waals surface area contributed by atoms with Gasteiger partial charge in [0.1, 0.15) is 13.2 Å². The van der Waals surface area contributed by atoms with Gasteiger partial charge < -0.3 is 9.47 Å². The predicted octanol–water partition coefficient (Wildman–Crippen LogP) is 3.12. The summed E-state index contributed by atoms with van der Waals surface area (Å²) in [6, 6.07) is 10.6. The molecule has 1 atom stereocenters. The number of ether oxygens (including phenoxy) is 2. The molecule has 0 fully saturated rings. The van der Waals surface area contributed by atoms with Crippen LogP contribution in [0.2, 0.25) is 0 Å². The van der Waals surface area contributed by atoms with E-state index >= 15 is 0 Å². The minimum atomic E-state index is -3.56. The van der Waals surface area contributed by atoms with E-state index in [0.29, 0.717) is 23.9 Å². The topological polar surface area (TPSA) is 64.6 Å². The molecule has 0 spiro atoms. The fourth-order valence-corrected chi connectivity index (χ4v) is 4.68. The summed E-state index contributed by atoms with van der Waals surface area (Å²) in [5.41, 5.74) is 3.16. The number of nitrogens with one attached hydrogen (secondary N) is 1. The first-order chi connectivity index (χ1) is 12.0. The van der Waals surface area contributed by atoms with Gasteiger partial charge in [0.2, 0.25) is 10.0 Å². The second-order valence-electron chi connectivity index (χ2n) is 6.57. The second-order valence-corrected chi connectivity index (χ2v) is 8.29. The van der Waals surface area contributed by atoms with Gasteiger partial charge in [-0.05, 0) is 61.6 Å². The van der Waals surface area contributed by atoms with Gasteiger partial charge in [-0.2, -0.15) is 0 Å². The fourth-order valence-electron chi connectivity index (χ4n) is 3.43. The Morgan fingerprint density at radius 2 is 1.72 bits per heavy atom. The Bertz CT molecular complexity index is 890. The van der Waals surface area contributed by atoms with Crippen LogP contribution in [0.5, 0.6) is 11.5 Å². The Morgan fingerprint density at radius 1 is 1.04 bits per heavy atom. The zero-order valence-corrected chi connectivity index (χ0v) is 14.9. The molecule has 6 heteroatoms. The van der Waals surface area contributed by atoms with Gasteiger partial charge in [-0.1, -0.05) is 17.7 Å². The molecule has 0 amide bonds. The third-order valence-corrected chi connectivity index (χ3v) is 6.23. The summed E-state index contributed by atoms with van der Waals surface area (Å²) in [4.78, 5) is 0.294. The molecule has 0 bridgehead atoms. The number of fused-ring (bicyclic) bond motifs is 2. The summed E-state index contributed by atoms with van der Waals surface area (Å²) in [6.45, 7) is 3.01. The summed E-state index contributed by atoms with van der Waals surface area (Å²) in [7, 11) is -3.56. The lowest BCUT2D eigenvalue weighted by Crippen LogP contribution is -2.31. The van der Waals surface area contributed by atoms with Crippen molar-refractivity contribution in [3.8, 4) is 11.5 Å². The molecule has 1 unspecified atom stereocenters. The van der Waals surface area contributed by atoms with Crippen LogP contribution in [0.25, 0.3) is 0 Å². The molecule has 2 aromatic carbocycles. The Labute approximate surface area is 148 Å². The third kappa shape index (κ3) is 3.24. The SMILES string of the molecule is Cc1ccc(S(=O)(=O)NC2CCCc3cc4c(cc32)OCCO4)cc1. The molecule has 1 N–H and O–H groups in total. The van der Waals surface area contributed by atoms with Crippen LogP contribution in [0.1, 0.15) is 35.6 Å². The van der Waals surface area contributed by atoms with E-state index in [-0.39, 0.29) is 6.04 Å². The van der Waals surface area contributed by atoms with Gasteiger partial charge in [-0.3, -0.25) is 0 Å². The molecule has 1 heterocycles. The molecule has 1 aliphatic heterocycles. The van der Waals surface area contributed by atoms with Crippen molar-refractivity contribution < 1.29 is 17.9 Å². The maximum absolute atomic E-state index is 12.7. The highest BCUT2D eigenvalue weighted by molar-refractivity contribution is 7.89. The van der Waals surface area contributed by atoms with Crippen molar-refractivity contribution >= 4 is 10.0 Å². The van der Waals surface area contributed by atoms with Gasteiger partial charge in [0, 0.05) is 6.04 Å². The summed E-state index contributed by atoms with van der Waals surface area (Å²) in [5.74, 6) is 1.46. The van der Waals surface area contributed by atoms with E-state index in [1.165, 1.54) is 0 Å². The van der Waals surface area contributed by atoms with Crippen molar-refractivity contribution in [3.05, 3.63) is 53.1 Å². The predicted molar refractivity (Wildman–Crippen MR) is 94.6 cm³/mol. The van der Waals surface area contributed by atoms with Crippen LogP contribution in [0.15, 0.2) is 41.3 Å². The van der Waals surface area contributed by atoms with E-state index < -0.39 is 10.0 Å². The molecule has 2 aliphatic rings. The number of aryl methyl sites for hydroxylation is 2. The molecule has 0 aromatic heterocycles. The normalized spacial score (nSPS) is 19.3. The Hall–Kier alpha value is -2.05. The molecule has 4 rings (SSSR count). The van der Waals surface area contributed by atoms with E-state index in [2.05, 4.69) is 4.72 Å². The molecule has 5 nitrogen and oxygen atoms in total. The van der Waals surface area contributed by atoms with Gasteiger partial charge in [-0.25, -0.2) is 13.1 Å². The van der Waals surface area contributed by atoms with Crippen LogP contribution in [-0.4, -0.2) is 21.6 Å². The van der Waals surface area contributed by atoms with Crippen molar-refractivity contribution in [1.82, 2.24) is 4.72 Å². The average Bonchev–Trinajstić information content (AvgIpc) is 2.60. The first kappa shape index (κ1) is 16.4. The first-order valence-corrected chi connectivity index (χ1v) is 10.0. The van der Waals surface area contributed by atoms with E-state index in [1.54, 1.807) is 12.1 Å². The zero-order valence-electron chi connectivity index (χ0n) is 14.1. The molecule has 0 radical (unpaired) electrons. The Balaban J connectivity index is 1.65. The lowest BCUT2D eigenvalue weighted by atomic mass is 9.88. The lowest BCUT2D eigenvalue weighted by Gasteiger charge is -2.29. The van der Waals surface area contributed by atoms with Crippen LogP contribution < -0.4 is 14.2 Å². The molecule has 25 heavy (non-hydrogen) atoms. The van der Waals surface area contributed by atoms with Gasteiger partial charge >= 0.3 is 0 Å². The fraction of sp³-hybridized carbons (Fsp3) is 0.368. The summed E-state index contributed by atoms with van der Waals surface area (Å²) < 4.78 is 39.7. The van der Waals surface area contributed by atoms with Crippen LogP contribution >= 0.6 is 0 Å². The molecule has 2 aromatic rings. The maximum Gasteiger partial charge on any atom is 0.241 e. The molecular formula is C19H21NO4S. The van der Waals surface area contributed by atoms with E-state index in [1.807, 2.05) is 31.2 Å². The van der Waals surface area contributed by atoms with Gasteiger partial charge in [0.15, 0.2) is 11.5 Å². The zero-order chi connectivity index (χ0) is 17.4. The van der Waals surface area contributed by atoms with Crippen molar-refractivity contribution in [1.29, 1.82) is 0 Å². The highest BCUT2D eigenvalue weighted by Crippen LogP contribution is 2.40. The molecule has 132 valence electrons. The van der Waals surface area contributed by atoms with Crippen molar-refractivity contribution in [2.24, 2.45) is 0 Å². The molecule has 0 saturated heterocycles. The standard InChI is InChI=1S/C19H21NO4S/c1-13-5-7-15(8-6-13)25(21,22)20-17-4-2-3-14-11-18-19(12-16(14)17)24-10-9-23-18/h5-8,11-12,17,20H,2-4,9-10H2,1H3. The number of benzene rings is 2. The third-order valence-electron chi connectivity index (χ3n) is 4.75. The maximum atomic E-state index is 12.7. The Morgan fingerprint density at radius 3 is 2.44 bits per heavy atom. The van der Waals surface area contributed by atoms with Crippen LogP contribution in [-0.2, 0) is 16.4 Å². The van der Waals surface area contributed by atoms with Crippen molar-refractivity contribution in [2.75, 3.05) is 13.2 Å². The highest BCUT2D eigenvalue weighted by Gasteiger charge is 2.28. The first-order valence-electron chi connectivity index (χ1n) is 8.54. The summed E-state index contributed by atoms with van der Waals surface area (Å²) >= 11 is 0. The van der Waals surface area contributed by atoms with Crippen molar-refractivity contribution in [2.45, 2.75) is 37.1 Å². The largest absolute Gasteiger partial charge is 0.486 e. The molecule has 0 saturated carbocycles. The van der Waals surface area contributed by atoms with Crippen molar-refractivity contribution in [3.63, 3.8) is 0 Å². The lowest BCUT2D eigenvalue weighted by molar-refractivity contribution is 0.171. The number of hydrogen-bond acceptors (Lipinski definition) is 4. The quantitative estimate of drug-likeness (QED) is 0.914. The molecule has 1 aliphatic carbocycles. The smallest absolute Gasteiger partial charge is 0.241 e. The van der Waals surface area contributed by atoms with Crippen LogP contribution in [0.3, 0.4) is 0 Å². The Kier molecular flexibility index (Phi) is 4.17. The van der Waals surface area contributed by atoms with Gasteiger partial charge in [0.05, 0.1) is 4.90 Å². The second kappa shape index (κ2) is 6.35. The summed E-state index contributed by atoms with van der Waals surface area (Å²) in [5, 5.41) is 0. The summed E-state index contributed by atoms with van der Waals surface area (Å²) in [6.07, 6.45) is 2.64. The number of hydrogen-bond donors (Lipinski definition) is 1. The van der Waals surface area contributed by atoms with E-state index in [0.717, 1.165) is 41.7 Å². The van der Waals surface area contributed by atoms with E-state index in [9.17, 15) is 8.42 Å². The highest BCUT2D eigenvalue weighted by atomic mass is 32.2. The molecular weight excluding hydrogens is 338 g/mol. The van der Waals surface area contributed by atoms with E-state index in [4.69, 9.17) is 9.47 Å². The minimum Gasteiger partial charge on any atom is -0.486 e. The monoisotopic (exact) mass is 359 g/mol. The van der Waals surface area contributed by atoms with Gasteiger partial charge in [-0.15, -0.1) is 0 Å². The number of sulfonamides is 1.